The van der Waals surface area contributed by atoms with Crippen molar-refractivity contribution < 1.29 is 27.8 Å². The van der Waals surface area contributed by atoms with Crippen LogP contribution in [0.1, 0.15) is 46.8 Å². The minimum absolute atomic E-state index is 0.0378. The van der Waals surface area contributed by atoms with E-state index in [0.717, 1.165) is 16.7 Å². The van der Waals surface area contributed by atoms with Gasteiger partial charge in [-0.1, -0.05) is 12.1 Å². The zero-order valence-corrected chi connectivity index (χ0v) is 18.9. The molecule has 34 heavy (non-hydrogen) atoms. The Morgan fingerprint density at radius 1 is 0.971 bits per heavy atom. The number of carbonyl (C=O) groups excluding carboxylic acids is 2. The lowest BCUT2D eigenvalue weighted by Crippen LogP contribution is -2.28. The van der Waals surface area contributed by atoms with Crippen LogP contribution in [-0.2, 0) is 10.2 Å². The maximum Gasteiger partial charge on any atom is 0.586 e. The van der Waals surface area contributed by atoms with Crippen LogP contribution in [0.25, 0.3) is 11.3 Å². The van der Waals surface area contributed by atoms with E-state index in [4.69, 9.17) is 0 Å². The Morgan fingerprint density at radius 2 is 1.71 bits per heavy atom. The predicted octanol–water partition coefficient (Wildman–Crippen LogP) is 5.56. The van der Waals surface area contributed by atoms with Crippen molar-refractivity contribution in [2.45, 2.75) is 45.3 Å². The molecule has 1 fully saturated rings. The lowest BCUT2D eigenvalue weighted by atomic mass is 9.94. The first kappa shape index (κ1) is 22.0. The second kappa shape index (κ2) is 7.62. The molecule has 5 rings (SSSR count). The van der Waals surface area contributed by atoms with Crippen molar-refractivity contribution in [3.63, 3.8) is 0 Å². The minimum atomic E-state index is -3.71. The molecule has 0 unspecified atom stereocenters. The molecular weight excluding hydrogens is 442 g/mol. The maximum absolute atomic E-state index is 13.4. The van der Waals surface area contributed by atoms with Gasteiger partial charge in [0.2, 0.25) is 5.91 Å². The van der Waals surface area contributed by atoms with E-state index in [-0.39, 0.29) is 23.2 Å². The molecule has 8 heteroatoms. The molecule has 1 N–H and O–H groups in total. The number of ether oxygens (including phenoxy) is 2. The first-order valence-electron chi connectivity index (χ1n) is 10.9. The Bertz CT molecular complexity index is 1350. The van der Waals surface area contributed by atoms with Gasteiger partial charge in [0, 0.05) is 11.1 Å². The van der Waals surface area contributed by atoms with E-state index < -0.39 is 11.7 Å². The van der Waals surface area contributed by atoms with Crippen molar-refractivity contribution in [2.75, 3.05) is 5.32 Å². The molecular formula is C26H22F2N2O4. The highest BCUT2D eigenvalue weighted by Gasteiger charge is 2.53. The quantitative estimate of drug-likeness (QED) is 0.500. The smallest absolute Gasteiger partial charge is 0.395 e. The number of benzene rings is 2. The number of amides is 1. The van der Waals surface area contributed by atoms with Gasteiger partial charge < -0.3 is 14.8 Å². The van der Waals surface area contributed by atoms with Crippen LogP contribution in [0.5, 0.6) is 11.5 Å². The standard InChI is InChI=1S/C26H22F2N2O4/c1-14-10-17(16(3)31)12-18(11-14)23-15(2)4-7-22(29-23)30-24(32)25(8-9-25)19-5-6-20-21(13-19)34-26(27,28)33-20/h4-7,10-13H,8-9H2,1-3H3,(H,29,30,32). The summed E-state index contributed by atoms with van der Waals surface area (Å²) in [4.78, 5) is 29.8. The van der Waals surface area contributed by atoms with Gasteiger partial charge in [0.1, 0.15) is 5.82 Å². The fourth-order valence-corrected chi connectivity index (χ4v) is 4.27. The van der Waals surface area contributed by atoms with Crippen LogP contribution in [0.3, 0.4) is 0 Å². The number of anilines is 1. The Kier molecular flexibility index (Phi) is 4.93. The topological polar surface area (TPSA) is 77.5 Å². The second-order valence-electron chi connectivity index (χ2n) is 8.87. The average Bonchev–Trinajstić information content (AvgIpc) is 3.51. The number of pyridine rings is 1. The second-order valence-corrected chi connectivity index (χ2v) is 8.87. The fraction of sp³-hybridized carbons (Fsp3) is 0.269. The van der Waals surface area contributed by atoms with Crippen LogP contribution in [0.4, 0.5) is 14.6 Å². The first-order valence-corrected chi connectivity index (χ1v) is 10.9. The van der Waals surface area contributed by atoms with E-state index in [9.17, 15) is 18.4 Å². The zero-order valence-electron chi connectivity index (χ0n) is 18.9. The van der Waals surface area contributed by atoms with E-state index in [0.29, 0.717) is 35.5 Å². The number of nitrogens with one attached hydrogen (secondary N) is 1. The molecule has 6 nitrogen and oxygen atoms in total. The molecule has 0 saturated heterocycles. The van der Waals surface area contributed by atoms with Gasteiger partial charge in [-0.25, -0.2) is 4.98 Å². The molecule has 1 saturated carbocycles. The van der Waals surface area contributed by atoms with Gasteiger partial charge in [-0.3, -0.25) is 9.59 Å². The monoisotopic (exact) mass is 464 g/mol. The Hall–Kier alpha value is -3.81. The van der Waals surface area contributed by atoms with E-state index in [1.54, 1.807) is 18.2 Å². The molecule has 0 spiro atoms. The molecule has 1 aliphatic heterocycles. The minimum Gasteiger partial charge on any atom is -0.395 e. The lowest BCUT2D eigenvalue weighted by molar-refractivity contribution is -0.286. The third kappa shape index (κ3) is 3.89. The molecule has 0 radical (unpaired) electrons. The summed E-state index contributed by atoms with van der Waals surface area (Å²) in [5.74, 6) is -0.0794. The number of alkyl halides is 2. The van der Waals surface area contributed by atoms with Crippen molar-refractivity contribution in [3.05, 3.63) is 70.8 Å². The van der Waals surface area contributed by atoms with Gasteiger partial charge in [0.15, 0.2) is 17.3 Å². The summed E-state index contributed by atoms with van der Waals surface area (Å²) >= 11 is 0. The molecule has 3 aromatic rings. The summed E-state index contributed by atoms with van der Waals surface area (Å²) in [6.45, 7) is 5.34. The normalized spacial score (nSPS) is 16.7. The van der Waals surface area contributed by atoms with Gasteiger partial charge in [0.05, 0.1) is 11.1 Å². The summed E-state index contributed by atoms with van der Waals surface area (Å²) in [6.07, 6.45) is -2.55. The third-order valence-corrected chi connectivity index (χ3v) is 6.23. The third-order valence-electron chi connectivity index (χ3n) is 6.23. The fourth-order valence-electron chi connectivity index (χ4n) is 4.27. The molecule has 1 aromatic heterocycles. The highest BCUT2D eigenvalue weighted by Crippen LogP contribution is 2.52. The average molecular weight is 464 g/mol. The van der Waals surface area contributed by atoms with E-state index in [1.165, 1.54) is 19.1 Å². The molecule has 0 atom stereocenters. The van der Waals surface area contributed by atoms with Crippen molar-refractivity contribution in [1.29, 1.82) is 0 Å². The zero-order chi connectivity index (χ0) is 24.3. The van der Waals surface area contributed by atoms with Crippen LogP contribution in [0.15, 0.2) is 48.5 Å². The number of carbonyl (C=O) groups is 2. The van der Waals surface area contributed by atoms with Crippen LogP contribution in [-0.4, -0.2) is 23.0 Å². The van der Waals surface area contributed by atoms with Crippen molar-refractivity contribution >= 4 is 17.5 Å². The van der Waals surface area contributed by atoms with Crippen molar-refractivity contribution in [1.82, 2.24) is 4.98 Å². The number of ketones is 1. The number of rotatable bonds is 5. The number of aryl methyl sites for hydroxylation is 2. The van der Waals surface area contributed by atoms with Crippen molar-refractivity contribution in [3.8, 4) is 22.8 Å². The molecule has 1 aliphatic carbocycles. The largest absolute Gasteiger partial charge is 0.586 e. The molecule has 0 bridgehead atoms. The number of nitrogens with zero attached hydrogens (tertiary/aromatic N) is 1. The molecule has 174 valence electrons. The number of halogens is 2. The molecule has 1 amide bonds. The Balaban J connectivity index is 1.42. The number of hydrogen-bond donors (Lipinski definition) is 1. The van der Waals surface area contributed by atoms with Gasteiger partial charge >= 0.3 is 6.29 Å². The highest BCUT2D eigenvalue weighted by molar-refractivity contribution is 6.01. The first-order chi connectivity index (χ1) is 16.1. The van der Waals surface area contributed by atoms with Crippen molar-refractivity contribution in [2.24, 2.45) is 0 Å². The summed E-state index contributed by atoms with van der Waals surface area (Å²) in [5.41, 5.74) is 3.63. The number of Topliss-reactive ketones (excluding diaryl/α,β-unsaturated/α-hetero) is 1. The summed E-state index contributed by atoms with van der Waals surface area (Å²) < 4.78 is 35.8. The van der Waals surface area contributed by atoms with Gasteiger partial charge in [0.25, 0.3) is 0 Å². The van der Waals surface area contributed by atoms with Crippen LogP contribution in [0, 0.1) is 13.8 Å². The lowest BCUT2D eigenvalue weighted by Gasteiger charge is -2.17. The summed E-state index contributed by atoms with van der Waals surface area (Å²) in [5, 5.41) is 2.88. The molecule has 2 aliphatic rings. The Morgan fingerprint density at radius 3 is 2.41 bits per heavy atom. The number of fused-ring (bicyclic) bond motifs is 1. The van der Waals surface area contributed by atoms with E-state index in [1.807, 2.05) is 32.0 Å². The van der Waals surface area contributed by atoms with Crippen LogP contribution < -0.4 is 14.8 Å². The van der Waals surface area contributed by atoms with Gasteiger partial charge in [-0.2, -0.15) is 0 Å². The van der Waals surface area contributed by atoms with Gasteiger partial charge in [-0.05, 0) is 86.7 Å². The number of aromatic nitrogens is 1. The SMILES string of the molecule is CC(=O)c1cc(C)cc(-c2nc(NC(=O)C3(c4ccc5c(c4)OC(F)(F)O5)CC3)ccc2C)c1. The predicted molar refractivity (Wildman–Crippen MR) is 121 cm³/mol. The van der Waals surface area contributed by atoms with Crippen LogP contribution in [0.2, 0.25) is 0 Å². The Labute approximate surface area is 194 Å². The molecule has 2 aromatic carbocycles. The van der Waals surface area contributed by atoms with E-state index >= 15 is 0 Å². The maximum atomic E-state index is 13.4. The van der Waals surface area contributed by atoms with Gasteiger partial charge in [-0.15, -0.1) is 8.78 Å². The van der Waals surface area contributed by atoms with E-state index in [2.05, 4.69) is 19.8 Å². The highest BCUT2D eigenvalue weighted by atomic mass is 19.3. The molecule has 2 heterocycles. The number of hydrogen-bond acceptors (Lipinski definition) is 5. The summed E-state index contributed by atoms with van der Waals surface area (Å²) in [6, 6.07) is 13.6. The van der Waals surface area contributed by atoms with Crippen LogP contribution >= 0.6 is 0 Å². The summed E-state index contributed by atoms with van der Waals surface area (Å²) in [7, 11) is 0.